The van der Waals surface area contributed by atoms with Crippen molar-refractivity contribution >= 4 is 18.0 Å². The highest BCUT2D eigenvalue weighted by atomic mass is 19.3. The summed E-state index contributed by atoms with van der Waals surface area (Å²) < 4.78 is 32.6. The molecule has 1 saturated heterocycles. The van der Waals surface area contributed by atoms with Gasteiger partial charge >= 0.3 is 12.1 Å². The number of aliphatic carboxylic acids is 1. The molecule has 30 heavy (non-hydrogen) atoms. The number of ether oxygens (including phenoxy) is 1. The monoisotopic (exact) mass is 430 g/mol. The number of alkyl carbamates (subject to hydrolysis) is 1. The highest BCUT2D eigenvalue weighted by Gasteiger charge is 2.70. The first-order valence-electron chi connectivity index (χ1n) is 10.5. The van der Waals surface area contributed by atoms with E-state index in [1.165, 1.54) is 4.90 Å². The summed E-state index contributed by atoms with van der Waals surface area (Å²) in [5.41, 5.74) is -0.943. The van der Waals surface area contributed by atoms with Crippen LogP contribution >= 0.6 is 0 Å². The number of likely N-dealkylation sites (tertiary alicyclic amines) is 1. The average molecular weight is 430 g/mol. The maximum absolute atomic E-state index is 13.7. The number of nitrogens with zero attached hydrogens (tertiary/aromatic N) is 1. The highest BCUT2D eigenvalue weighted by Crippen LogP contribution is 2.65. The van der Waals surface area contributed by atoms with Gasteiger partial charge in [-0.05, 0) is 50.9 Å². The van der Waals surface area contributed by atoms with E-state index >= 15 is 0 Å². The molecule has 2 amide bonds. The molecule has 0 bridgehead atoms. The minimum Gasteiger partial charge on any atom is -0.480 e. The van der Waals surface area contributed by atoms with Gasteiger partial charge in [0.2, 0.25) is 11.8 Å². The largest absolute Gasteiger partial charge is 0.480 e. The zero-order chi connectivity index (χ0) is 22.6. The zero-order valence-electron chi connectivity index (χ0n) is 18.2. The molecule has 1 heterocycles. The number of carbonyl (C=O) groups excluding carboxylic acids is 2. The molecule has 0 aromatic rings. The Morgan fingerprint density at radius 3 is 2.23 bits per heavy atom. The summed E-state index contributed by atoms with van der Waals surface area (Å²) in [6.45, 7) is 9.31. The summed E-state index contributed by atoms with van der Waals surface area (Å²) in [7, 11) is 0. The van der Waals surface area contributed by atoms with Crippen molar-refractivity contribution in [1.29, 1.82) is 0 Å². The summed E-state index contributed by atoms with van der Waals surface area (Å²) >= 11 is 0. The predicted octanol–water partition coefficient (Wildman–Crippen LogP) is 3.27. The number of halogens is 2. The topological polar surface area (TPSA) is 95.9 Å². The number of fused-ring (bicyclic) bond motifs is 1. The Bertz CT molecular complexity index is 723. The summed E-state index contributed by atoms with van der Waals surface area (Å²) in [6, 6.07) is -2.05. The van der Waals surface area contributed by atoms with Gasteiger partial charge in [0.15, 0.2) is 0 Å². The molecule has 4 unspecified atom stereocenters. The first kappa shape index (κ1) is 22.7. The van der Waals surface area contributed by atoms with Gasteiger partial charge in [-0.1, -0.05) is 13.8 Å². The van der Waals surface area contributed by atoms with Gasteiger partial charge in [-0.25, -0.2) is 18.4 Å². The molecule has 170 valence electrons. The van der Waals surface area contributed by atoms with Crippen LogP contribution in [-0.2, 0) is 14.3 Å². The van der Waals surface area contributed by atoms with E-state index in [0.717, 1.165) is 0 Å². The molecule has 1 aliphatic heterocycles. The lowest BCUT2D eigenvalue weighted by Crippen LogP contribution is -2.57. The standard InChI is InChI=1S/C21H32F2N2O5/c1-19(2,3)30-18(29)24-14(11-6-8-21(22,23)9-7-11)16(26)25-10-12-13(20(12,4)5)15(25)17(27)28/h11-15H,6-10H2,1-5H3,(H,24,29)(H,27,28). The van der Waals surface area contributed by atoms with Crippen molar-refractivity contribution in [3.8, 4) is 0 Å². The van der Waals surface area contributed by atoms with Gasteiger partial charge in [0, 0.05) is 25.3 Å². The van der Waals surface area contributed by atoms with Gasteiger partial charge in [0.25, 0.3) is 0 Å². The lowest BCUT2D eigenvalue weighted by Gasteiger charge is -2.37. The van der Waals surface area contributed by atoms with Gasteiger partial charge in [-0.15, -0.1) is 0 Å². The SMILES string of the molecule is CC(C)(C)OC(=O)NC(C(=O)N1CC2C(C1C(=O)O)C2(C)C)C1CCC(F)(F)CC1. The number of piperidine rings is 1. The molecule has 2 saturated carbocycles. The Morgan fingerprint density at radius 2 is 1.73 bits per heavy atom. The molecule has 7 nitrogen and oxygen atoms in total. The molecule has 0 aromatic heterocycles. The summed E-state index contributed by atoms with van der Waals surface area (Å²) in [5, 5.41) is 12.3. The van der Waals surface area contributed by atoms with Crippen molar-refractivity contribution in [3.63, 3.8) is 0 Å². The number of hydrogen-bond donors (Lipinski definition) is 2. The minimum absolute atomic E-state index is 0.0726. The van der Waals surface area contributed by atoms with E-state index in [-0.39, 0.29) is 42.9 Å². The molecule has 3 aliphatic rings. The third kappa shape index (κ3) is 4.39. The molecule has 0 spiro atoms. The third-order valence-electron chi connectivity index (χ3n) is 6.92. The van der Waals surface area contributed by atoms with Crippen molar-refractivity contribution in [2.24, 2.45) is 23.2 Å². The second-order valence-electron chi connectivity index (χ2n) is 10.5. The van der Waals surface area contributed by atoms with Crippen LogP contribution in [-0.4, -0.2) is 58.1 Å². The Kier molecular flexibility index (Phi) is 5.56. The minimum atomic E-state index is -2.78. The van der Waals surface area contributed by atoms with Crippen LogP contribution in [0.1, 0.15) is 60.3 Å². The smallest absolute Gasteiger partial charge is 0.408 e. The Morgan fingerprint density at radius 1 is 1.17 bits per heavy atom. The van der Waals surface area contributed by atoms with Crippen LogP contribution in [0.15, 0.2) is 0 Å². The first-order chi connectivity index (χ1) is 13.6. The number of alkyl halides is 2. The molecule has 0 radical (unpaired) electrons. The van der Waals surface area contributed by atoms with Gasteiger partial charge < -0.3 is 20.1 Å². The number of carboxylic acid groups (broad SMARTS) is 1. The van der Waals surface area contributed by atoms with E-state index in [0.29, 0.717) is 6.54 Å². The fourth-order valence-electron chi connectivity index (χ4n) is 5.19. The van der Waals surface area contributed by atoms with Crippen LogP contribution in [0, 0.1) is 23.2 Å². The van der Waals surface area contributed by atoms with Crippen molar-refractivity contribution in [1.82, 2.24) is 10.2 Å². The summed E-state index contributed by atoms with van der Waals surface area (Å²) in [6.07, 6.45) is -1.39. The molecule has 4 atom stereocenters. The van der Waals surface area contributed by atoms with Crippen molar-refractivity contribution in [2.75, 3.05) is 6.54 Å². The first-order valence-corrected chi connectivity index (χ1v) is 10.5. The van der Waals surface area contributed by atoms with Crippen LogP contribution in [0.3, 0.4) is 0 Å². The van der Waals surface area contributed by atoms with Gasteiger partial charge in [0.05, 0.1) is 0 Å². The fraction of sp³-hybridized carbons (Fsp3) is 0.857. The van der Waals surface area contributed by atoms with Crippen molar-refractivity contribution in [2.45, 2.75) is 83.9 Å². The average Bonchev–Trinajstić information content (AvgIpc) is 2.93. The van der Waals surface area contributed by atoms with Crippen LogP contribution in [0.4, 0.5) is 13.6 Å². The number of carbonyl (C=O) groups is 3. The van der Waals surface area contributed by atoms with Crippen molar-refractivity contribution in [3.05, 3.63) is 0 Å². The third-order valence-corrected chi connectivity index (χ3v) is 6.92. The molecule has 9 heteroatoms. The lowest BCUT2D eigenvalue weighted by molar-refractivity contribution is -0.152. The van der Waals surface area contributed by atoms with Crippen molar-refractivity contribution < 1.29 is 33.0 Å². The van der Waals surface area contributed by atoms with E-state index in [4.69, 9.17) is 4.74 Å². The number of amides is 2. The lowest BCUT2D eigenvalue weighted by atomic mass is 9.81. The van der Waals surface area contributed by atoms with Crippen LogP contribution < -0.4 is 5.32 Å². The number of nitrogens with one attached hydrogen (secondary N) is 1. The molecule has 3 rings (SSSR count). The zero-order valence-corrected chi connectivity index (χ0v) is 18.2. The van der Waals surface area contributed by atoms with E-state index in [1.807, 2.05) is 13.8 Å². The second kappa shape index (κ2) is 7.34. The van der Waals surface area contributed by atoms with E-state index in [1.54, 1.807) is 20.8 Å². The van der Waals surface area contributed by atoms with E-state index in [9.17, 15) is 28.3 Å². The van der Waals surface area contributed by atoms with Gasteiger partial charge in [-0.3, -0.25) is 4.79 Å². The second-order valence-corrected chi connectivity index (χ2v) is 10.5. The molecular weight excluding hydrogens is 398 g/mol. The highest BCUT2D eigenvalue weighted by molar-refractivity contribution is 5.91. The van der Waals surface area contributed by atoms with Gasteiger partial charge in [0.1, 0.15) is 17.7 Å². The molecule has 3 fully saturated rings. The number of rotatable bonds is 4. The maximum Gasteiger partial charge on any atom is 0.408 e. The predicted molar refractivity (Wildman–Crippen MR) is 104 cm³/mol. The Labute approximate surface area is 175 Å². The quantitative estimate of drug-likeness (QED) is 0.714. The Balaban J connectivity index is 1.80. The number of hydrogen-bond acceptors (Lipinski definition) is 4. The van der Waals surface area contributed by atoms with Gasteiger partial charge in [-0.2, -0.15) is 0 Å². The fourth-order valence-corrected chi connectivity index (χ4v) is 5.19. The molecule has 2 N–H and O–H groups in total. The number of carboxylic acids is 1. The Hall–Kier alpha value is -1.93. The van der Waals surface area contributed by atoms with Crippen LogP contribution in [0.25, 0.3) is 0 Å². The molecular formula is C21H32F2N2O5. The van der Waals surface area contributed by atoms with E-state index in [2.05, 4.69) is 5.32 Å². The molecule has 2 aliphatic carbocycles. The van der Waals surface area contributed by atoms with Crippen LogP contribution in [0.5, 0.6) is 0 Å². The summed E-state index contributed by atoms with van der Waals surface area (Å²) in [5.74, 6) is -4.93. The normalized spacial score (nSPS) is 30.9. The summed E-state index contributed by atoms with van der Waals surface area (Å²) in [4.78, 5) is 39.0. The maximum atomic E-state index is 13.7. The molecule has 0 aromatic carbocycles. The van der Waals surface area contributed by atoms with Crippen LogP contribution in [0.2, 0.25) is 0 Å². The van der Waals surface area contributed by atoms with E-state index < -0.39 is 47.5 Å².